The van der Waals surface area contributed by atoms with Gasteiger partial charge in [-0.1, -0.05) is 41.4 Å². The number of nitrogens with zero attached hydrogens (tertiary/aromatic N) is 2. The molecule has 1 atom stereocenters. The van der Waals surface area contributed by atoms with Crippen molar-refractivity contribution in [3.8, 4) is 11.3 Å². The van der Waals surface area contributed by atoms with Gasteiger partial charge in [0.25, 0.3) is 0 Å². The summed E-state index contributed by atoms with van der Waals surface area (Å²) in [4.78, 5) is 8.75. The summed E-state index contributed by atoms with van der Waals surface area (Å²) in [5.74, 6) is -1.99. The van der Waals surface area contributed by atoms with E-state index in [9.17, 15) is 13.3 Å². The number of anilines is 1. The Labute approximate surface area is 210 Å². The first-order chi connectivity index (χ1) is 16.4. The van der Waals surface area contributed by atoms with Gasteiger partial charge in [0.05, 0.1) is 33.0 Å². The minimum atomic E-state index is -2.86. The maximum absolute atomic E-state index is 15.1. The zero-order valence-corrected chi connectivity index (χ0v) is 21.7. The number of aromatic nitrogens is 2. The minimum Gasteiger partial charge on any atom is -0.375 e. The van der Waals surface area contributed by atoms with Crippen LogP contribution in [0.15, 0.2) is 42.5 Å². The van der Waals surface area contributed by atoms with Crippen molar-refractivity contribution in [1.29, 1.82) is 0 Å². The first-order valence-corrected chi connectivity index (χ1v) is 14.0. The van der Waals surface area contributed by atoms with Gasteiger partial charge in [-0.15, -0.1) is 0 Å². The third-order valence-electron chi connectivity index (χ3n) is 5.63. The Morgan fingerprint density at radius 1 is 1.00 bits per heavy atom. The Balaban J connectivity index is 1.87. The molecule has 4 aromatic rings. The van der Waals surface area contributed by atoms with Gasteiger partial charge >= 0.3 is 0 Å². The number of pyridine rings is 2. The van der Waals surface area contributed by atoms with E-state index in [2.05, 4.69) is 15.3 Å². The van der Waals surface area contributed by atoms with Crippen LogP contribution in [0.1, 0.15) is 24.2 Å². The second kappa shape index (κ2) is 9.45. The van der Waals surface area contributed by atoms with Gasteiger partial charge in [-0.05, 0) is 45.4 Å². The van der Waals surface area contributed by atoms with Crippen molar-refractivity contribution in [2.75, 3.05) is 18.6 Å². The van der Waals surface area contributed by atoms with E-state index in [0.29, 0.717) is 16.9 Å². The molecule has 10 heteroatoms. The zero-order chi connectivity index (χ0) is 25.7. The molecular weight excluding hydrogens is 517 g/mol. The fourth-order valence-corrected chi connectivity index (χ4v) is 5.22. The molecule has 2 heterocycles. The van der Waals surface area contributed by atoms with Crippen LogP contribution in [-0.4, -0.2) is 23.3 Å². The molecule has 182 valence electrons. The van der Waals surface area contributed by atoms with E-state index in [-0.39, 0.29) is 37.6 Å². The van der Waals surface area contributed by atoms with Gasteiger partial charge in [-0.2, -0.15) is 0 Å². The number of nitrogens with one attached hydrogen (secondary N) is 1. The summed E-state index contributed by atoms with van der Waals surface area (Å²) in [5, 5.41) is 3.44. The van der Waals surface area contributed by atoms with E-state index < -0.39 is 30.6 Å². The molecule has 0 fully saturated rings. The highest BCUT2D eigenvalue weighted by Crippen LogP contribution is 2.39. The van der Waals surface area contributed by atoms with Crippen molar-refractivity contribution < 1.29 is 17.7 Å². The van der Waals surface area contributed by atoms with E-state index in [1.165, 1.54) is 37.6 Å². The maximum Gasteiger partial charge on any atom is 0.151 e. The van der Waals surface area contributed by atoms with Gasteiger partial charge in [-0.3, -0.25) is 0 Å². The lowest BCUT2D eigenvalue weighted by atomic mass is 10.1. The van der Waals surface area contributed by atoms with E-state index in [1.807, 2.05) is 0 Å². The third-order valence-corrected chi connectivity index (χ3v) is 7.91. The Morgan fingerprint density at radius 2 is 1.71 bits per heavy atom. The SMILES string of the molecule is Cc1nc2cc(F)c(-c3ccc(P(C)(C)=O)c(F)c3)nc2c(N[C@H](C)c2cccc(Cl)c2F)c1Cl. The van der Waals surface area contributed by atoms with Crippen molar-refractivity contribution in [2.45, 2.75) is 19.9 Å². The minimum absolute atomic E-state index is 0.0188. The number of benzene rings is 2. The number of halogens is 5. The molecule has 0 unspecified atom stereocenters. The van der Waals surface area contributed by atoms with Gasteiger partial charge in [0.2, 0.25) is 0 Å². The largest absolute Gasteiger partial charge is 0.375 e. The third kappa shape index (κ3) is 4.90. The molecule has 35 heavy (non-hydrogen) atoms. The average molecular weight is 538 g/mol. The van der Waals surface area contributed by atoms with Crippen molar-refractivity contribution in [3.05, 3.63) is 81.2 Å². The second-order valence-corrected chi connectivity index (χ2v) is 12.6. The molecule has 2 aromatic heterocycles. The van der Waals surface area contributed by atoms with Gasteiger partial charge in [0.1, 0.15) is 30.0 Å². The number of hydrogen-bond acceptors (Lipinski definition) is 4. The summed E-state index contributed by atoms with van der Waals surface area (Å²) in [7, 11) is -2.86. The van der Waals surface area contributed by atoms with E-state index >= 15 is 4.39 Å². The smallest absolute Gasteiger partial charge is 0.151 e. The van der Waals surface area contributed by atoms with Crippen molar-refractivity contribution in [2.24, 2.45) is 0 Å². The van der Waals surface area contributed by atoms with Crippen molar-refractivity contribution in [3.63, 3.8) is 0 Å². The lowest BCUT2D eigenvalue weighted by Crippen LogP contribution is -2.11. The average Bonchev–Trinajstić information content (AvgIpc) is 2.77. The summed E-state index contributed by atoms with van der Waals surface area (Å²) < 4.78 is 56.7. The normalized spacial score (nSPS) is 12.7. The Morgan fingerprint density at radius 3 is 2.37 bits per heavy atom. The Hall–Kier alpha value is -2.60. The van der Waals surface area contributed by atoms with Crippen LogP contribution in [0.4, 0.5) is 18.9 Å². The zero-order valence-electron chi connectivity index (χ0n) is 19.3. The molecule has 0 aliphatic heterocycles. The summed E-state index contributed by atoms with van der Waals surface area (Å²) >= 11 is 12.5. The van der Waals surface area contributed by atoms with Crippen LogP contribution in [0.2, 0.25) is 10.0 Å². The number of hydrogen-bond donors (Lipinski definition) is 1. The molecule has 0 spiro atoms. The van der Waals surface area contributed by atoms with Gasteiger partial charge in [0.15, 0.2) is 5.82 Å². The summed E-state index contributed by atoms with van der Waals surface area (Å²) in [5.41, 5.74) is 1.54. The van der Waals surface area contributed by atoms with Crippen molar-refractivity contribution in [1.82, 2.24) is 9.97 Å². The van der Waals surface area contributed by atoms with E-state index in [1.54, 1.807) is 26.0 Å². The molecule has 2 aromatic carbocycles. The summed E-state index contributed by atoms with van der Waals surface area (Å²) in [6.07, 6.45) is 0. The molecule has 4 rings (SSSR count). The predicted molar refractivity (Wildman–Crippen MR) is 137 cm³/mol. The lowest BCUT2D eigenvalue weighted by molar-refractivity contribution is 0.584. The highest BCUT2D eigenvalue weighted by Gasteiger charge is 2.22. The Kier molecular flexibility index (Phi) is 6.89. The molecule has 0 amide bonds. The topological polar surface area (TPSA) is 54.9 Å². The van der Waals surface area contributed by atoms with Crippen LogP contribution < -0.4 is 10.6 Å². The quantitative estimate of drug-likeness (QED) is 0.264. The molecule has 0 radical (unpaired) electrons. The number of rotatable bonds is 5. The number of aryl methyl sites for hydroxylation is 1. The fraction of sp³-hybridized carbons (Fsp3) is 0.200. The van der Waals surface area contributed by atoms with Gasteiger partial charge in [-0.25, -0.2) is 23.1 Å². The molecule has 0 saturated heterocycles. The van der Waals surface area contributed by atoms with Crippen LogP contribution in [0.3, 0.4) is 0 Å². The molecule has 0 aliphatic rings. The van der Waals surface area contributed by atoms with Crippen LogP contribution in [0, 0.1) is 24.4 Å². The Bertz CT molecular complexity index is 1520. The van der Waals surface area contributed by atoms with E-state index in [4.69, 9.17) is 23.2 Å². The molecule has 0 bridgehead atoms. The summed E-state index contributed by atoms with van der Waals surface area (Å²) in [6.45, 7) is 6.29. The first-order valence-electron chi connectivity index (χ1n) is 10.6. The molecule has 0 aliphatic carbocycles. The van der Waals surface area contributed by atoms with Crippen LogP contribution in [0.25, 0.3) is 22.3 Å². The van der Waals surface area contributed by atoms with Crippen LogP contribution in [-0.2, 0) is 4.57 Å². The lowest BCUT2D eigenvalue weighted by Gasteiger charge is -2.20. The van der Waals surface area contributed by atoms with Crippen LogP contribution >= 0.6 is 30.3 Å². The summed E-state index contributed by atoms with van der Waals surface area (Å²) in [6, 6.07) is 9.22. The van der Waals surface area contributed by atoms with Gasteiger partial charge in [0, 0.05) is 22.5 Å². The highest BCUT2D eigenvalue weighted by molar-refractivity contribution is 7.70. The van der Waals surface area contributed by atoms with Crippen LogP contribution in [0.5, 0.6) is 0 Å². The van der Waals surface area contributed by atoms with Gasteiger partial charge < -0.3 is 9.88 Å². The highest BCUT2D eigenvalue weighted by atomic mass is 35.5. The molecular formula is C25H21Cl2F3N3OP. The number of fused-ring (bicyclic) bond motifs is 1. The van der Waals surface area contributed by atoms with Crippen molar-refractivity contribution >= 4 is 52.4 Å². The monoisotopic (exact) mass is 537 g/mol. The maximum atomic E-state index is 15.1. The first kappa shape index (κ1) is 25.5. The predicted octanol–water partition coefficient (Wildman–Crippen LogP) is 7.75. The fourth-order valence-electron chi connectivity index (χ4n) is 3.84. The molecule has 4 nitrogen and oxygen atoms in total. The molecule has 0 saturated carbocycles. The van der Waals surface area contributed by atoms with E-state index in [0.717, 1.165) is 6.07 Å². The molecule has 1 N–H and O–H groups in total. The second-order valence-electron chi connectivity index (χ2n) is 8.60. The standard InChI is InChI=1S/C25H21Cl2F3N3OP/c1-12(15-6-5-7-16(26)22(15)30)32-25-21(27)13(2)31-19-11-18(29)23(33-24(19)25)14-8-9-20(17(28)10-14)35(3,4)34/h5-12H,1-4H3,(H,31,32)/t12-/m1/s1.